The van der Waals surface area contributed by atoms with Crippen LogP contribution in [0.1, 0.15) is 70.6 Å². The first-order valence-electron chi connectivity index (χ1n) is 9.37. The van der Waals surface area contributed by atoms with E-state index in [0.29, 0.717) is 0 Å². The molecule has 6 atom stereocenters. The summed E-state index contributed by atoms with van der Waals surface area (Å²) in [7, 11) is 0. The largest absolute Gasteiger partial charge is 0.440 e. The first-order valence-corrected chi connectivity index (χ1v) is 8.87. The molecule has 0 aromatic heterocycles. The molecule has 0 spiro atoms. The topological polar surface area (TPSA) is 41.6 Å². The van der Waals surface area contributed by atoms with E-state index in [-0.39, 0.29) is 22.8 Å². The van der Waals surface area contributed by atoms with Crippen molar-refractivity contribution in [2.75, 3.05) is 0 Å². The summed E-state index contributed by atoms with van der Waals surface area (Å²) in [6, 6.07) is -2.42. The number of carbonyl (C=O) groups excluding carboxylic acids is 1. The molecule has 0 radical (unpaired) electrons. The van der Waals surface area contributed by atoms with E-state index in [1.54, 1.807) is 0 Å². The van der Waals surface area contributed by atoms with Gasteiger partial charge < -0.3 is 4.74 Å². The second-order valence-electron chi connectivity index (χ2n) is 9.98. The highest BCUT2D eigenvalue weighted by Gasteiger charge is 2.64. The van der Waals surface area contributed by atoms with E-state index in [0.717, 1.165) is 0 Å². The van der Waals surface area contributed by atoms with Gasteiger partial charge in [0.1, 0.15) is 5.60 Å². The predicted octanol–water partition coefficient (Wildman–Crippen LogP) is 4.34. The van der Waals surface area contributed by atoms with Gasteiger partial charge in [-0.3, -0.25) is 10.2 Å². The van der Waals surface area contributed by atoms with Gasteiger partial charge in [0.15, 0.2) is 5.79 Å². The molecule has 2 aliphatic heterocycles. The Morgan fingerprint density at radius 1 is 1.21 bits per heavy atom. The Kier molecular flexibility index (Phi) is 3.99. The number of fused-ring (bicyclic) bond motifs is 1. The molecule has 0 bridgehead atoms. The zero-order chi connectivity index (χ0) is 19.8. The molecule has 2 fully saturated rings. The van der Waals surface area contributed by atoms with Crippen molar-refractivity contribution in [3.63, 3.8) is 0 Å². The lowest BCUT2D eigenvalue weighted by atomic mass is 9.66. The zero-order valence-electron chi connectivity index (χ0n) is 17.9. The summed E-state index contributed by atoms with van der Waals surface area (Å²) in [5.74, 6) is -2.17. The summed E-state index contributed by atoms with van der Waals surface area (Å²) >= 11 is 0. The van der Waals surface area contributed by atoms with E-state index < -0.39 is 29.5 Å². The average Bonchev–Trinajstić information content (AvgIpc) is 2.62. The zero-order valence-corrected chi connectivity index (χ0v) is 16.9. The SMILES string of the molecule is [2H]C1(C)N2C(=O)O[C@](C)(C(C)(C)C)C2C(C)C(C(C)(C)C)NC1(C)F. The monoisotopic (exact) mass is 343 g/mol. The smallest absolute Gasteiger partial charge is 0.411 e. The molecular formula is C19H35FN2O2. The number of cyclic esters (lactones) is 1. The van der Waals surface area contributed by atoms with Crippen molar-refractivity contribution in [3.8, 4) is 0 Å². The van der Waals surface area contributed by atoms with Crippen LogP contribution >= 0.6 is 0 Å². The lowest BCUT2D eigenvalue weighted by Gasteiger charge is -2.47. The van der Waals surface area contributed by atoms with Crippen molar-refractivity contribution in [2.45, 2.75) is 98.7 Å². The van der Waals surface area contributed by atoms with Gasteiger partial charge in [0.25, 0.3) is 0 Å². The molecule has 5 heteroatoms. The molecule has 2 heterocycles. The fourth-order valence-electron chi connectivity index (χ4n) is 4.27. The van der Waals surface area contributed by atoms with Crippen LogP contribution in [0, 0.1) is 16.7 Å². The minimum Gasteiger partial charge on any atom is -0.440 e. The standard InChI is InChI=1S/C19H35FN2O2/c1-11-13(16(3,4)5)21-19(10,20)12(2)22-14(11)18(9,17(6,7)8)24-15(22)23/h11-14,21H,1-10H3/t11?,12?,13?,14?,18-,19?/m0/s1/i12D. The highest BCUT2D eigenvalue weighted by atomic mass is 19.1. The molecule has 1 N–H and O–H groups in total. The number of halogens is 1. The number of nitrogens with one attached hydrogen (secondary N) is 1. The first kappa shape index (κ1) is 18.0. The van der Waals surface area contributed by atoms with Crippen LogP contribution in [-0.4, -0.2) is 40.5 Å². The van der Waals surface area contributed by atoms with Gasteiger partial charge in [0.05, 0.1) is 13.4 Å². The van der Waals surface area contributed by atoms with E-state index in [2.05, 4.69) is 26.1 Å². The first-order chi connectivity index (χ1) is 10.9. The number of hydrogen-bond donors (Lipinski definition) is 1. The van der Waals surface area contributed by atoms with Gasteiger partial charge in [-0.05, 0) is 32.1 Å². The lowest BCUT2D eigenvalue weighted by Crippen LogP contribution is -2.58. The molecule has 2 aliphatic rings. The van der Waals surface area contributed by atoms with E-state index >= 15 is 4.39 Å². The maximum atomic E-state index is 15.7. The summed E-state index contributed by atoms with van der Waals surface area (Å²) in [4.78, 5) is 14.2. The van der Waals surface area contributed by atoms with Crippen LogP contribution in [0.3, 0.4) is 0 Å². The molecule has 5 unspecified atom stereocenters. The van der Waals surface area contributed by atoms with E-state index in [1.807, 2.05) is 34.6 Å². The molecule has 1 amide bonds. The van der Waals surface area contributed by atoms with Crippen molar-refractivity contribution >= 4 is 6.09 Å². The van der Waals surface area contributed by atoms with Crippen LogP contribution in [0.2, 0.25) is 0 Å². The van der Waals surface area contributed by atoms with E-state index in [4.69, 9.17) is 6.11 Å². The van der Waals surface area contributed by atoms with Crippen LogP contribution in [0.4, 0.5) is 9.18 Å². The molecule has 140 valence electrons. The highest BCUT2D eigenvalue weighted by molar-refractivity contribution is 5.72. The average molecular weight is 344 g/mol. The Labute approximate surface area is 147 Å². The van der Waals surface area contributed by atoms with Crippen LogP contribution in [0.25, 0.3) is 0 Å². The van der Waals surface area contributed by atoms with Gasteiger partial charge in [0, 0.05) is 11.5 Å². The van der Waals surface area contributed by atoms with Crippen molar-refractivity contribution in [1.82, 2.24) is 10.2 Å². The molecule has 2 saturated heterocycles. The summed E-state index contributed by atoms with van der Waals surface area (Å²) in [5.41, 5.74) is -1.42. The fraction of sp³-hybridized carbons (Fsp3) is 0.947. The van der Waals surface area contributed by atoms with Crippen molar-refractivity contribution in [2.24, 2.45) is 16.7 Å². The number of rotatable bonds is 0. The summed E-state index contributed by atoms with van der Waals surface area (Å²) in [6.07, 6.45) is -0.605. The minimum atomic E-state index is -2.07. The van der Waals surface area contributed by atoms with Crippen LogP contribution in [-0.2, 0) is 4.74 Å². The second-order valence-corrected chi connectivity index (χ2v) is 9.98. The summed E-state index contributed by atoms with van der Waals surface area (Å²) < 4.78 is 30.3. The number of amides is 1. The minimum absolute atomic E-state index is 0.0991. The number of alkyl halides is 1. The third-order valence-corrected chi connectivity index (χ3v) is 6.25. The molecule has 0 aromatic rings. The molecule has 24 heavy (non-hydrogen) atoms. The maximum Gasteiger partial charge on any atom is 0.411 e. The molecule has 4 nitrogen and oxygen atoms in total. The number of nitrogens with zero attached hydrogens (tertiary/aromatic N) is 1. The number of ether oxygens (including phenoxy) is 1. The highest BCUT2D eigenvalue weighted by Crippen LogP contribution is 2.50. The molecule has 0 saturated carbocycles. The Hall–Kier alpha value is -0.840. The van der Waals surface area contributed by atoms with Crippen LogP contribution in [0.5, 0.6) is 0 Å². The Bertz CT molecular complexity index is 565. The number of hydrogen-bond acceptors (Lipinski definition) is 3. The second kappa shape index (κ2) is 5.33. The normalized spacial score (nSPS) is 47.8. The Morgan fingerprint density at radius 3 is 2.12 bits per heavy atom. The van der Waals surface area contributed by atoms with Gasteiger partial charge in [-0.1, -0.05) is 48.5 Å². The quantitative estimate of drug-likeness (QED) is 0.665. The van der Waals surface area contributed by atoms with Crippen molar-refractivity contribution < 1.29 is 15.3 Å². The molecule has 0 aromatic carbocycles. The van der Waals surface area contributed by atoms with E-state index in [9.17, 15) is 4.79 Å². The van der Waals surface area contributed by atoms with Gasteiger partial charge >= 0.3 is 6.09 Å². The lowest BCUT2D eigenvalue weighted by molar-refractivity contribution is -0.0593. The van der Waals surface area contributed by atoms with Gasteiger partial charge in [-0.15, -0.1) is 0 Å². The Morgan fingerprint density at radius 2 is 1.71 bits per heavy atom. The van der Waals surface area contributed by atoms with Crippen molar-refractivity contribution in [3.05, 3.63) is 0 Å². The van der Waals surface area contributed by atoms with Crippen LogP contribution < -0.4 is 5.32 Å². The summed E-state index contributed by atoms with van der Waals surface area (Å²) in [5, 5.41) is 3.07. The van der Waals surface area contributed by atoms with Gasteiger partial charge in [-0.2, -0.15) is 0 Å². The molecule has 2 rings (SSSR count). The predicted molar refractivity (Wildman–Crippen MR) is 94.5 cm³/mol. The third-order valence-electron chi connectivity index (χ3n) is 6.25. The van der Waals surface area contributed by atoms with Crippen molar-refractivity contribution in [1.29, 1.82) is 0 Å². The maximum absolute atomic E-state index is 15.7. The summed E-state index contributed by atoms with van der Waals surface area (Å²) in [6.45, 7) is 19.0. The number of carbonyl (C=O) groups is 1. The van der Waals surface area contributed by atoms with Gasteiger partial charge in [-0.25, -0.2) is 9.18 Å². The Balaban J connectivity index is 2.73. The molecule has 0 aliphatic carbocycles. The fourth-order valence-corrected chi connectivity index (χ4v) is 4.27. The van der Waals surface area contributed by atoms with E-state index in [1.165, 1.54) is 18.7 Å². The van der Waals surface area contributed by atoms with Gasteiger partial charge in [0.2, 0.25) is 0 Å². The third kappa shape index (κ3) is 2.73. The van der Waals surface area contributed by atoms with Crippen LogP contribution in [0.15, 0.2) is 0 Å². The molecular weight excluding hydrogens is 307 g/mol.